The molecule has 1 amide bonds. The van der Waals surface area contributed by atoms with Gasteiger partial charge in [0.15, 0.2) is 0 Å². The first kappa shape index (κ1) is 15.5. The van der Waals surface area contributed by atoms with Crippen LogP contribution in [0.4, 0.5) is 8.78 Å². The van der Waals surface area contributed by atoms with Crippen LogP contribution in [0.25, 0.3) is 0 Å². The fraction of sp³-hybridized carbons (Fsp3) is 0.188. The highest BCUT2D eigenvalue weighted by molar-refractivity contribution is 7.98. The smallest absolute Gasteiger partial charge is 0.254 e. The third kappa shape index (κ3) is 4.04. The van der Waals surface area contributed by atoms with Crippen molar-refractivity contribution in [2.45, 2.75) is 11.4 Å². The molecule has 0 bridgehead atoms. The average Bonchev–Trinajstić information content (AvgIpc) is 2.46. The van der Waals surface area contributed by atoms with Crippen LogP contribution in [0.5, 0.6) is 0 Å². The summed E-state index contributed by atoms with van der Waals surface area (Å²) in [6, 6.07) is 10.6. The van der Waals surface area contributed by atoms with Crippen molar-refractivity contribution in [3.63, 3.8) is 0 Å². The molecule has 0 aliphatic carbocycles. The first-order valence-corrected chi connectivity index (χ1v) is 7.56. The summed E-state index contributed by atoms with van der Waals surface area (Å²) in [6.07, 6.45) is 1.99. The second-order valence-electron chi connectivity index (χ2n) is 4.67. The van der Waals surface area contributed by atoms with Gasteiger partial charge >= 0.3 is 0 Å². The minimum absolute atomic E-state index is 0.00994. The summed E-state index contributed by atoms with van der Waals surface area (Å²) in [5.74, 6) is -1.92. The topological polar surface area (TPSA) is 20.3 Å². The van der Waals surface area contributed by atoms with E-state index in [-0.39, 0.29) is 5.56 Å². The number of halogens is 2. The Hall–Kier alpha value is -1.88. The van der Waals surface area contributed by atoms with Crippen molar-refractivity contribution in [2.24, 2.45) is 0 Å². The SMILES string of the molecule is CSc1ccc(CN(C)C(=O)c2cc(F)cc(F)c2)cc1. The van der Waals surface area contributed by atoms with Crippen molar-refractivity contribution in [3.8, 4) is 0 Å². The molecule has 0 unspecified atom stereocenters. The molecular weight excluding hydrogens is 292 g/mol. The highest BCUT2D eigenvalue weighted by Gasteiger charge is 2.14. The average molecular weight is 307 g/mol. The van der Waals surface area contributed by atoms with E-state index in [1.807, 2.05) is 30.5 Å². The number of amides is 1. The Bertz CT molecular complexity index is 623. The maximum Gasteiger partial charge on any atom is 0.254 e. The van der Waals surface area contributed by atoms with E-state index >= 15 is 0 Å². The van der Waals surface area contributed by atoms with Crippen molar-refractivity contribution in [2.75, 3.05) is 13.3 Å². The Labute approximate surface area is 126 Å². The van der Waals surface area contributed by atoms with Crippen LogP contribution in [-0.4, -0.2) is 24.1 Å². The molecule has 21 heavy (non-hydrogen) atoms. The molecule has 110 valence electrons. The van der Waals surface area contributed by atoms with Gasteiger partial charge in [-0.15, -0.1) is 11.8 Å². The Balaban J connectivity index is 2.11. The molecular formula is C16H15F2NOS. The lowest BCUT2D eigenvalue weighted by Gasteiger charge is -2.17. The van der Waals surface area contributed by atoms with Gasteiger partial charge in [0.25, 0.3) is 5.91 Å². The molecule has 2 nitrogen and oxygen atoms in total. The van der Waals surface area contributed by atoms with Crippen molar-refractivity contribution in [1.29, 1.82) is 0 Å². The molecule has 2 aromatic rings. The number of carbonyl (C=O) groups excluding carboxylic acids is 1. The van der Waals surface area contributed by atoms with Crippen LogP contribution in [0, 0.1) is 11.6 Å². The predicted molar refractivity (Wildman–Crippen MR) is 80.4 cm³/mol. The quantitative estimate of drug-likeness (QED) is 0.797. The van der Waals surface area contributed by atoms with E-state index in [0.29, 0.717) is 6.54 Å². The molecule has 5 heteroatoms. The van der Waals surface area contributed by atoms with Crippen LogP contribution in [-0.2, 0) is 6.54 Å². The maximum atomic E-state index is 13.1. The number of hydrogen-bond donors (Lipinski definition) is 0. The number of nitrogens with zero attached hydrogens (tertiary/aromatic N) is 1. The van der Waals surface area contributed by atoms with Crippen molar-refractivity contribution < 1.29 is 13.6 Å². The van der Waals surface area contributed by atoms with Crippen LogP contribution < -0.4 is 0 Å². The fourth-order valence-electron chi connectivity index (χ4n) is 1.97. The van der Waals surface area contributed by atoms with Gasteiger partial charge in [0.05, 0.1) is 0 Å². The minimum atomic E-state index is -0.754. The van der Waals surface area contributed by atoms with E-state index in [1.54, 1.807) is 18.8 Å². The summed E-state index contributed by atoms with van der Waals surface area (Å²) in [4.78, 5) is 14.7. The van der Waals surface area contributed by atoms with Gasteiger partial charge in [-0.3, -0.25) is 4.79 Å². The summed E-state index contributed by atoms with van der Waals surface area (Å²) in [5.41, 5.74) is 0.969. The van der Waals surface area contributed by atoms with Crippen molar-refractivity contribution >= 4 is 17.7 Å². The Morgan fingerprint density at radius 2 is 1.67 bits per heavy atom. The molecule has 0 saturated carbocycles. The molecule has 0 radical (unpaired) electrons. The standard InChI is InChI=1S/C16H15F2NOS/c1-19(10-11-3-5-15(21-2)6-4-11)16(20)12-7-13(17)9-14(18)8-12/h3-9H,10H2,1-2H3. The van der Waals surface area contributed by atoms with Gasteiger partial charge in [-0.2, -0.15) is 0 Å². The molecule has 0 aliphatic rings. The monoisotopic (exact) mass is 307 g/mol. The zero-order chi connectivity index (χ0) is 15.4. The highest BCUT2D eigenvalue weighted by Crippen LogP contribution is 2.16. The van der Waals surface area contributed by atoms with E-state index in [9.17, 15) is 13.6 Å². The van der Waals surface area contributed by atoms with E-state index < -0.39 is 17.5 Å². The summed E-state index contributed by atoms with van der Waals surface area (Å²) in [6.45, 7) is 0.381. The fourth-order valence-corrected chi connectivity index (χ4v) is 2.38. The first-order valence-electron chi connectivity index (χ1n) is 6.34. The lowest BCUT2D eigenvalue weighted by Crippen LogP contribution is -2.26. The minimum Gasteiger partial charge on any atom is -0.337 e. The molecule has 0 spiro atoms. The molecule has 2 rings (SSSR count). The third-order valence-corrected chi connectivity index (χ3v) is 3.78. The van der Waals surface area contributed by atoms with Gasteiger partial charge in [0, 0.05) is 30.1 Å². The Morgan fingerprint density at radius 3 is 2.19 bits per heavy atom. The lowest BCUT2D eigenvalue weighted by atomic mass is 10.1. The van der Waals surface area contributed by atoms with Crippen LogP contribution in [0.3, 0.4) is 0 Å². The van der Waals surface area contributed by atoms with E-state index in [1.165, 1.54) is 4.90 Å². The zero-order valence-electron chi connectivity index (χ0n) is 11.8. The number of rotatable bonds is 4. The Morgan fingerprint density at radius 1 is 1.10 bits per heavy atom. The normalized spacial score (nSPS) is 10.5. The molecule has 0 saturated heterocycles. The molecule has 2 aromatic carbocycles. The maximum absolute atomic E-state index is 13.1. The number of thioether (sulfide) groups is 1. The van der Waals surface area contributed by atoms with Gasteiger partial charge in [-0.25, -0.2) is 8.78 Å². The van der Waals surface area contributed by atoms with E-state index in [4.69, 9.17) is 0 Å². The summed E-state index contributed by atoms with van der Waals surface area (Å²) in [5, 5.41) is 0. The number of hydrogen-bond acceptors (Lipinski definition) is 2. The van der Waals surface area contributed by atoms with Gasteiger partial charge in [0.1, 0.15) is 11.6 Å². The summed E-state index contributed by atoms with van der Waals surface area (Å²) in [7, 11) is 1.60. The predicted octanol–water partition coefficient (Wildman–Crippen LogP) is 3.96. The van der Waals surface area contributed by atoms with Crippen molar-refractivity contribution in [1.82, 2.24) is 4.90 Å². The van der Waals surface area contributed by atoms with Gasteiger partial charge < -0.3 is 4.90 Å². The van der Waals surface area contributed by atoms with Crippen LogP contribution in [0.2, 0.25) is 0 Å². The number of benzene rings is 2. The van der Waals surface area contributed by atoms with E-state index in [2.05, 4.69) is 0 Å². The van der Waals surface area contributed by atoms with Crippen LogP contribution >= 0.6 is 11.8 Å². The zero-order valence-corrected chi connectivity index (χ0v) is 12.6. The van der Waals surface area contributed by atoms with Crippen LogP contribution in [0.1, 0.15) is 15.9 Å². The summed E-state index contributed by atoms with van der Waals surface area (Å²) < 4.78 is 26.3. The van der Waals surface area contributed by atoms with Crippen molar-refractivity contribution in [3.05, 3.63) is 65.2 Å². The third-order valence-electron chi connectivity index (χ3n) is 3.04. The molecule has 0 heterocycles. The molecule has 0 fully saturated rings. The van der Waals surface area contributed by atoms with Gasteiger partial charge in [-0.1, -0.05) is 12.1 Å². The molecule has 0 aliphatic heterocycles. The Kier molecular flexibility index (Phi) is 4.96. The second-order valence-corrected chi connectivity index (χ2v) is 5.55. The number of carbonyl (C=O) groups is 1. The molecule has 0 N–H and O–H groups in total. The second kappa shape index (κ2) is 6.72. The van der Waals surface area contributed by atoms with E-state index in [0.717, 1.165) is 28.7 Å². The summed E-state index contributed by atoms with van der Waals surface area (Å²) >= 11 is 1.64. The van der Waals surface area contributed by atoms with Crippen LogP contribution in [0.15, 0.2) is 47.4 Å². The van der Waals surface area contributed by atoms with Gasteiger partial charge in [0.2, 0.25) is 0 Å². The first-order chi connectivity index (χ1) is 9.99. The lowest BCUT2D eigenvalue weighted by molar-refractivity contribution is 0.0784. The molecule has 0 atom stereocenters. The van der Waals surface area contributed by atoms with Gasteiger partial charge in [-0.05, 0) is 36.1 Å². The largest absolute Gasteiger partial charge is 0.337 e. The molecule has 0 aromatic heterocycles. The highest BCUT2D eigenvalue weighted by atomic mass is 32.2.